The highest BCUT2D eigenvalue weighted by atomic mass is 32.2. The third kappa shape index (κ3) is 4.74. The topological polar surface area (TPSA) is 52.8 Å². The van der Waals surface area contributed by atoms with E-state index in [1.165, 1.54) is 6.42 Å². The molecule has 30 heavy (non-hydrogen) atoms. The number of rotatable bonds is 6. The molecule has 1 aromatic carbocycles. The lowest BCUT2D eigenvalue weighted by atomic mass is 10.1. The minimum absolute atomic E-state index is 0.308. The molecule has 0 bridgehead atoms. The summed E-state index contributed by atoms with van der Waals surface area (Å²) in [6, 6.07) is 9.77. The molecule has 5 nitrogen and oxygen atoms in total. The summed E-state index contributed by atoms with van der Waals surface area (Å²) in [6.45, 7) is 5.90. The second-order valence-corrected chi connectivity index (χ2v) is 8.23. The van der Waals surface area contributed by atoms with Crippen molar-refractivity contribution in [2.24, 2.45) is 0 Å². The smallest absolute Gasteiger partial charge is 0.196 e. The quantitative estimate of drug-likeness (QED) is 0.422. The molecular formula is C24H23N4OS. The zero-order chi connectivity index (χ0) is 20.8. The van der Waals surface area contributed by atoms with Gasteiger partial charge in [0.15, 0.2) is 11.0 Å². The van der Waals surface area contributed by atoms with Gasteiger partial charge in [0.05, 0.1) is 11.9 Å². The molecule has 1 radical (unpaired) electrons. The summed E-state index contributed by atoms with van der Waals surface area (Å²) in [4.78, 5) is 4.27. The van der Waals surface area contributed by atoms with E-state index in [2.05, 4.69) is 46.1 Å². The first kappa shape index (κ1) is 20.2. The van der Waals surface area contributed by atoms with E-state index in [0.29, 0.717) is 11.9 Å². The molecule has 3 aromatic rings. The Morgan fingerprint density at radius 1 is 1.30 bits per heavy atom. The van der Waals surface area contributed by atoms with Gasteiger partial charge in [0.25, 0.3) is 0 Å². The van der Waals surface area contributed by atoms with E-state index in [9.17, 15) is 0 Å². The Morgan fingerprint density at radius 2 is 2.23 bits per heavy atom. The molecule has 0 fully saturated rings. The molecular weight excluding hydrogens is 392 g/mol. The molecule has 0 N–H and O–H groups in total. The molecule has 2 heterocycles. The van der Waals surface area contributed by atoms with Gasteiger partial charge >= 0.3 is 0 Å². The molecule has 2 aromatic heterocycles. The van der Waals surface area contributed by atoms with E-state index >= 15 is 0 Å². The van der Waals surface area contributed by atoms with E-state index in [4.69, 9.17) is 4.74 Å². The zero-order valence-electron chi connectivity index (χ0n) is 16.9. The Labute approximate surface area is 181 Å². The Bertz CT molecular complexity index is 1100. The first-order valence-electron chi connectivity index (χ1n) is 9.94. The van der Waals surface area contributed by atoms with E-state index < -0.39 is 0 Å². The van der Waals surface area contributed by atoms with E-state index in [0.717, 1.165) is 46.4 Å². The molecule has 151 valence electrons. The van der Waals surface area contributed by atoms with Crippen LogP contribution in [0.25, 0.3) is 5.69 Å². The fourth-order valence-electron chi connectivity index (χ4n) is 3.34. The van der Waals surface area contributed by atoms with E-state index in [1.807, 2.05) is 48.0 Å². The van der Waals surface area contributed by atoms with Crippen LogP contribution in [0.15, 0.2) is 60.0 Å². The van der Waals surface area contributed by atoms with Crippen molar-refractivity contribution in [2.45, 2.75) is 43.2 Å². The number of aryl methyl sites for hydroxylation is 1. The van der Waals surface area contributed by atoms with E-state index in [1.54, 1.807) is 18.0 Å². The minimum atomic E-state index is 0.308. The van der Waals surface area contributed by atoms with Crippen molar-refractivity contribution in [3.8, 4) is 23.3 Å². The molecule has 6 heteroatoms. The lowest BCUT2D eigenvalue weighted by Gasteiger charge is -2.16. The summed E-state index contributed by atoms with van der Waals surface area (Å²) in [5.41, 5.74) is 2.94. The average molecular weight is 416 g/mol. The number of ether oxygens (including phenoxy) is 1. The van der Waals surface area contributed by atoms with Gasteiger partial charge in [-0.3, -0.25) is 9.55 Å². The molecule has 0 saturated carbocycles. The van der Waals surface area contributed by atoms with Gasteiger partial charge in [0, 0.05) is 23.9 Å². The number of allylic oxidation sites excluding steroid dienone is 1. The fourth-order valence-corrected chi connectivity index (χ4v) is 4.49. The van der Waals surface area contributed by atoms with Gasteiger partial charge in [0.2, 0.25) is 0 Å². The van der Waals surface area contributed by atoms with Crippen LogP contribution in [0.4, 0.5) is 0 Å². The van der Waals surface area contributed by atoms with Gasteiger partial charge in [-0.25, -0.2) is 0 Å². The van der Waals surface area contributed by atoms with Crippen LogP contribution in [0.1, 0.15) is 36.2 Å². The van der Waals surface area contributed by atoms with Crippen LogP contribution in [0.2, 0.25) is 0 Å². The maximum Gasteiger partial charge on any atom is 0.196 e. The third-order valence-corrected chi connectivity index (χ3v) is 6.03. The van der Waals surface area contributed by atoms with Gasteiger partial charge in [-0.1, -0.05) is 35.8 Å². The molecule has 0 spiro atoms. The largest absolute Gasteiger partial charge is 0.486 e. The summed E-state index contributed by atoms with van der Waals surface area (Å²) in [5, 5.41) is 10.2. The fraction of sp³-hybridized carbons (Fsp3) is 0.250. The van der Waals surface area contributed by atoms with Crippen molar-refractivity contribution < 1.29 is 4.74 Å². The summed E-state index contributed by atoms with van der Waals surface area (Å²) >= 11 is 1.74. The predicted octanol–water partition coefficient (Wildman–Crippen LogP) is 4.94. The number of thioether (sulfide) groups is 1. The lowest BCUT2D eigenvalue weighted by Crippen LogP contribution is -2.09. The Balaban J connectivity index is 1.58. The third-order valence-electron chi connectivity index (χ3n) is 4.86. The van der Waals surface area contributed by atoms with Crippen LogP contribution < -0.4 is 4.74 Å². The van der Waals surface area contributed by atoms with Crippen LogP contribution >= 0.6 is 11.8 Å². The predicted molar refractivity (Wildman–Crippen MR) is 120 cm³/mol. The maximum absolute atomic E-state index is 6.04. The molecule has 0 aliphatic heterocycles. The van der Waals surface area contributed by atoms with Gasteiger partial charge in [-0.05, 0) is 62.1 Å². The van der Waals surface area contributed by atoms with Gasteiger partial charge in [0.1, 0.15) is 12.4 Å². The van der Waals surface area contributed by atoms with Crippen LogP contribution in [-0.4, -0.2) is 25.0 Å². The number of hydrogen-bond acceptors (Lipinski definition) is 5. The lowest BCUT2D eigenvalue weighted by molar-refractivity contribution is 0.292. The Kier molecular flexibility index (Phi) is 6.50. The summed E-state index contributed by atoms with van der Waals surface area (Å²) < 4.78 is 8.08. The van der Waals surface area contributed by atoms with Gasteiger partial charge in [-0.2, -0.15) is 0 Å². The first-order valence-corrected chi connectivity index (χ1v) is 10.8. The second-order valence-electron chi connectivity index (χ2n) is 7.03. The van der Waals surface area contributed by atoms with Crippen molar-refractivity contribution in [1.29, 1.82) is 0 Å². The minimum Gasteiger partial charge on any atom is -0.486 e. The molecule has 1 unspecified atom stereocenters. The van der Waals surface area contributed by atoms with Crippen LogP contribution in [0.5, 0.6) is 5.75 Å². The molecule has 1 aliphatic carbocycles. The maximum atomic E-state index is 6.04. The number of pyridine rings is 1. The SMILES string of the molecule is [CH2]C#Cc1ccc(OCc2nnc(SC3C=CCCC3)n2-c2cccnc2)cc1C. The van der Waals surface area contributed by atoms with Crippen molar-refractivity contribution in [2.75, 3.05) is 0 Å². The highest BCUT2D eigenvalue weighted by molar-refractivity contribution is 7.99. The van der Waals surface area contributed by atoms with Crippen molar-refractivity contribution >= 4 is 11.8 Å². The first-order chi connectivity index (χ1) is 14.7. The van der Waals surface area contributed by atoms with Crippen molar-refractivity contribution in [3.63, 3.8) is 0 Å². The molecule has 1 aliphatic rings. The highest BCUT2D eigenvalue weighted by Gasteiger charge is 2.19. The Morgan fingerprint density at radius 3 is 2.97 bits per heavy atom. The standard InChI is InChI=1S/C24H23N4OS/c1-3-8-19-12-13-21(15-18(19)2)29-17-23-26-27-24(30-22-10-5-4-6-11-22)28(23)20-9-7-14-25-16-20/h5,7,9-10,12-16,22H,1,4,6,11,17H2,2H3. The average Bonchev–Trinajstić information content (AvgIpc) is 3.18. The van der Waals surface area contributed by atoms with Crippen LogP contribution in [-0.2, 0) is 6.61 Å². The number of aromatic nitrogens is 4. The summed E-state index contributed by atoms with van der Waals surface area (Å²) in [7, 11) is 0. The second kappa shape index (κ2) is 9.64. The molecule has 4 rings (SSSR count). The molecule has 1 atom stereocenters. The van der Waals surface area contributed by atoms with Crippen molar-refractivity contribution in [3.05, 3.63) is 78.8 Å². The highest BCUT2D eigenvalue weighted by Crippen LogP contribution is 2.31. The van der Waals surface area contributed by atoms with Gasteiger partial charge < -0.3 is 4.74 Å². The molecule has 0 saturated heterocycles. The summed E-state index contributed by atoms with van der Waals surface area (Å²) in [6.07, 6.45) is 11.6. The van der Waals surface area contributed by atoms with E-state index in [-0.39, 0.29) is 0 Å². The number of benzene rings is 1. The Hall–Kier alpha value is -3.04. The number of hydrogen-bond donors (Lipinski definition) is 0. The van der Waals surface area contributed by atoms with Gasteiger partial charge in [-0.15, -0.1) is 10.2 Å². The number of nitrogens with zero attached hydrogens (tertiary/aromatic N) is 4. The summed E-state index contributed by atoms with van der Waals surface area (Å²) in [5.74, 6) is 7.19. The monoisotopic (exact) mass is 415 g/mol. The van der Waals surface area contributed by atoms with Crippen LogP contribution in [0.3, 0.4) is 0 Å². The van der Waals surface area contributed by atoms with Crippen LogP contribution in [0, 0.1) is 25.7 Å². The molecule has 0 amide bonds. The normalized spacial score (nSPS) is 15.5. The van der Waals surface area contributed by atoms with Crippen molar-refractivity contribution in [1.82, 2.24) is 19.7 Å². The zero-order valence-corrected chi connectivity index (χ0v) is 17.7.